The Bertz CT molecular complexity index is 975. The Kier molecular flexibility index (Phi) is 7.30. The van der Waals surface area contributed by atoms with Crippen LogP contribution in [0.2, 0.25) is 0 Å². The van der Waals surface area contributed by atoms with Gasteiger partial charge in [-0.25, -0.2) is 4.79 Å². The first-order valence-corrected chi connectivity index (χ1v) is 10.9. The average Bonchev–Trinajstić information content (AvgIpc) is 2.78. The van der Waals surface area contributed by atoms with Gasteiger partial charge in [0.15, 0.2) is 0 Å². The Morgan fingerprint density at radius 1 is 1.00 bits per heavy atom. The fourth-order valence-corrected chi connectivity index (χ4v) is 4.18. The predicted molar refractivity (Wildman–Crippen MR) is 120 cm³/mol. The van der Waals surface area contributed by atoms with E-state index in [9.17, 15) is 24.6 Å². The number of fused-ring (bicyclic) bond motifs is 1. The van der Waals surface area contributed by atoms with Crippen molar-refractivity contribution in [3.63, 3.8) is 0 Å². The molecule has 0 spiro atoms. The third-order valence-corrected chi connectivity index (χ3v) is 6.16. The molecule has 0 aromatic heterocycles. The Labute approximate surface area is 188 Å². The summed E-state index contributed by atoms with van der Waals surface area (Å²) in [6, 6.07) is 16.7. The number of hydrogen-bond acceptors (Lipinski definition) is 4. The second-order valence-corrected chi connectivity index (χ2v) is 8.62. The van der Waals surface area contributed by atoms with Gasteiger partial charge >= 0.3 is 11.9 Å². The van der Waals surface area contributed by atoms with Gasteiger partial charge in [-0.05, 0) is 43.4 Å². The molecule has 0 bridgehead atoms. The van der Waals surface area contributed by atoms with Gasteiger partial charge in [-0.15, -0.1) is 0 Å². The van der Waals surface area contributed by atoms with Crippen molar-refractivity contribution in [1.82, 2.24) is 10.2 Å². The van der Waals surface area contributed by atoms with Crippen LogP contribution in [0.3, 0.4) is 0 Å². The standard InChI is InChI=1S/C25H30N2O5/c1-17(2)27(16-21(22(28)29)13-12-18-8-4-3-5-9-18)23(30)25(24(31)32)14-19-10-6-7-11-20(19)15-26-25/h3-11,17,21,26H,12-16H2,1-2H3,(H,28,29)(H,31,32)/t21-,25?/m0/s1. The number of nitrogens with one attached hydrogen (secondary N) is 1. The first-order chi connectivity index (χ1) is 15.2. The van der Waals surface area contributed by atoms with Crippen molar-refractivity contribution in [2.45, 2.75) is 51.2 Å². The summed E-state index contributed by atoms with van der Waals surface area (Å²) >= 11 is 0. The number of carboxylic acid groups (broad SMARTS) is 2. The van der Waals surface area contributed by atoms with E-state index >= 15 is 0 Å². The van der Waals surface area contributed by atoms with Gasteiger partial charge in [0, 0.05) is 25.6 Å². The van der Waals surface area contributed by atoms with Crippen LogP contribution in [0.15, 0.2) is 54.6 Å². The van der Waals surface area contributed by atoms with Crippen LogP contribution in [0, 0.1) is 5.92 Å². The molecule has 1 amide bonds. The maximum Gasteiger partial charge on any atom is 0.334 e. The molecule has 3 rings (SSSR count). The summed E-state index contributed by atoms with van der Waals surface area (Å²) in [6.45, 7) is 3.77. The van der Waals surface area contributed by atoms with Crippen LogP contribution in [0.4, 0.5) is 0 Å². The molecule has 1 heterocycles. The van der Waals surface area contributed by atoms with Gasteiger partial charge in [-0.2, -0.15) is 0 Å². The molecular weight excluding hydrogens is 408 g/mol. The van der Waals surface area contributed by atoms with E-state index in [4.69, 9.17) is 0 Å². The first kappa shape index (κ1) is 23.5. The van der Waals surface area contributed by atoms with Crippen molar-refractivity contribution in [2.24, 2.45) is 5.92 Å². The molecule has 7 nitrogen and oxygen atoms in total. The van der Waals surface area contributed by atoms with Gasteiger partial charge in [-0.1, -0.05) is 54.6 Å². The zero-order valence-corrected chi connectivity index (χ0v) is 18.5. The minimum Gasteiger partial charge on any atom is -0.481 e. The number of aliphatic carboxylic acids is 2. The molecule has 1 unspecified atom stereocenters. The largest absolute Gasteiger partial charge is 0.481 e. The molecule has 0 saturated heterocycles. The molecule has 170 valence electrons. The summed E-state index contributed by atoms with van der Waals surface area (Å²) < 4.78 is 0. The molecule has 1 aliphatic rings. The molecule has 1 aliphatic heterocycles. The summed E-state index contributed by atoms with van der Waals surface area (Å²) in [5.74, 6) is -3.65. The Morgan fingerprint density at radius 2 is 1.62 bits per heavy atom. The minimum atomic E-state index is -1.82. The number of carboxylic acids is 2. The molecule has 2 aromatic carbocycles. The van der Waals surface area contributed by atoms with Gasteiger partial charge in [0.2, 0.25) is 5.54 Å². The van der Waals surface area contributed by atoms with Gasteiger partial charge < -0.3 is 15.1 Å². The van der Waals surface area contributed by atoms with E-state index in [2.05, 4.69) is 5.32 Å². The molecule has 0 saturated carbocycles. The molecule has 3 N–H and O–H groups in total. The van der Waals surface area contributed by atoms with E-state index in [-0.39, 0.29) is 25.6 Å². The normalized spacial score (nSPS) is 18.6. The van der Waals surface area contributed by atoms with Crippen LogP contribution in [0.25, 0.3) is 0 Å². The molecule has 0 aliphatic carbocycles. The summed E-state index contributed by atoms with van der Waals surface area (Å²) in [6.07, 6.45) is 0.933. The van der Waals surface area contributed by atoms with E-state index in [0.717, 1.165) is 16.7 Å². The lowest BCUT2D eigenvalue weighted by molar-refractivity contribution is -0.157. The minimum absolute atomic E-state index is 0.0162. The zero-order chi connectivity index (χ0) is 23.3. The first-order valence-electron chi connectivity index (χ1n) is 10.9. The fraction of sp³-hybridized carbons (Fsp3) is 0.400. The zero-order valence-electron chi connectivity index (χ0n) is 18.5. The molecular formula is C25H30N2O5. The smallest absolute Gasteiger partial charge is 0.334 e. The highest BCUT2D eigenvalue weighted by atomic mass is 16.4. The van der Waals surface area contributed by atoms with Crippen LogP contribution < -0.4 is 5.32 Å². The molecule has 0 fully saturated rings. The number of nitrogens with zero attached hydrogens (tertiary/aromatic N) is 1. The van der Waals surface area contributed by atoms with Crippen LogP contribution in [0.1, 0.15) is 37.0 Å². The van der Waals surface area contributed by atoms with E-state index in [1.54, 1.807) is 13.8 Å². The number of amides is 1. The topological polar surface area (TPSA) is 107 Å². The molecule has 2 atom stereocenters. The number of hydrogen-bond donors (Lipinski definition) is 3. The van der Waals surface area contributed by atoms with Crippen LogP contribution in [-0.4, -0.2) is 51.1 Å². The molecule has 7 heteroatoms. The lowest BCUT2D eigenvalue weighted by Crippen LogP contribution is -2.66. The van der Waals surface area contributed by atoms with Gasteiger partial charge in [-0.3, -0.25) is 14.9 Å². The maximum atomic E-state index is 13.6. The Balaban J connectivity index is 1.83. The number of carbonyl (C=O) groups excluding carboxylic acids is 1. The average molecular weight is 439 g/mol. The molecule has 32 heavy (non-hydrogen) atoms. The van der Waals surface area contributed by atoms with Crippen molar-refractivity contribution < 1.29 is 24.6 Å². The predicted octanol–water partition coefficient (Wildman–Crippen LogP) is 2.73. The third-order valence-electron chi connectivity index (χ3n) is 6.16. The second-order valence-electron chi connectivity index (χ2n) is 8.62. The van der Waals surface area contributed by atoms with E-state index in [0.29, 0.717) is 12.8 Å². The van der Waals surface area contributed by atoms with Gasteiger partial charge in [0.25, 0.3) is 5.91 Å². The highest BCUT2D eigenvalue weighted by Gasteiger charge is 2.51. The fourth-order valence-electron chi connectivity index (χ4n) is 4.18. The van der Waals surface area contributed by atoms with Gasteiger partial charge in [0.05, 0.1) is 5.92 Å². The molecule has 0 radical (unpaired) electrons. The Hall–Kier alpha value is -3.19. The van der Waals surface area contributed by atoms with Crippen LogP contribution in [-0.2, 0) is 33.8 Å². The lowest BCUT2D eigenvalue weighted by Gasteiger charge is -2.40. The number of carbonyl (C=O) groups is 3. The van der Waals surface area contributed by atoms with Crippen molar-refractivity contribution >= 4 is 17.8 Å². The van der Waals surface area contributed by atoms with Crippen LogP contribution >= 0.6 is 0 Å². The van der Waals surface area contributed by atoms with E-state index < -0.39 is 29.3 Å². The monoisotopic (exact) mass is 438 g/mol. The third kappa shape index (κ3) is 4.99. The van der Waals surface area contributed by atoms with Crippen molar-refractivity contribution in [3.8, 4) is 0 Å². The summed E-state index contributed by atoms with van der Waals surface area (Å²) in [5.41, 5.74) is 0.971. The molecule has 2 aromatic rings. The van der Waals surface area contributed by atoms with E-state index in [1.807, 2.05) is 54.6 Å². The van der Waals surface area contributed by atoms with Gasteiger partial charge in [0.1, 0.15) is 0 Å². The SMILES string of the molecule is CC(C)N(C[C@H](CCc1ccccc1)C(=O)O)C(=O)C1(C(=O)O)Cc2ccccc2CN1. The summed E-state index contributed by atoms with van der Waals surface area (Å²) in [4.78, 5) is 39.4. The van der Waals surface area contributed by atoms with Crippen LogP contribution in [0.5, 0.6) is 0 Å². The maximum absolute atomic E-state index is 13.6. The Morgan fingerprint density at radius 3 is 2.22 bits per heavy atom. The second kappa shape index (κ2) is 9.96. The highest BCUT2D eigenvalue weighted by Crippen LogP contribution is 2.27. The van der Waals surface area contributed by atoms with Crippen molar-refractivity contribution in [3.05, 3.63) is 71.3 Å². The number of rotatable bonds is 9. The summed E-state index contributed by atoms with van der Waals surface area (Å²) in [5, 5.41) is 22.8. The van der Waals surface area contributed by atoms with Crippen molar-refractivity contribution in [2.75, 3.05) is 6.54 Å². The number of benzene rings is 2. The quantitative estimate of drug-likeness (QED) is 0.520. The lowest BCUT2D eigenvalue weighted by atomic mass is 9.83. The van der Waals surface area contributed by atoms with E-state index in [1.165, 1.54) is 4.90 Å². The number of aryl methyl sites for hydroxylation is 1. The van der Waals surface area contributed by atoms with Crippen molar-refractivity contribution in [1.29, 1.82) is 0 Å². The highest BCUT2D eigenvalue weighted by molar-refractivity contribution is 6.07. The summed E-state index contributed by atoms with van der Waals surface area (Å²) in [7, 11) is 0.